The molecular weight excluding hydrogens is 330 g/mol. The van der Waals surface area contributed by atoms with E-state index in [1.165, 1.54) is 6.26 Å². The van der Waals surface area contributed by atoms with Crippen molar-refractivity contribution >= 4 is 11.9 Å². The van der Waals surface area contributed by atoms with Crippen molar-refractivity contribution in [1.29, 1.82) is 0 Å². The summed E-state index contributed by atoms with van der Waals surface area (Å²) in [6, 6.07) is 3.39. The number of amides is 1. The topological polar surface area (TPSA) is 59.8 Å². The minimum absolute atomic E-state index is 0.0730. The summed E-state index contributed by atoms with van der Waals surface area (Å²) in [5, 5.41) is 0. The third-order valence-electron chi connectivity index (χ3n) is 6.03. The highest BCUT2D eigenvalue weighted by atomic mass is 16.5. The SMILES string of the molecule is CC(C)(C)C1CCC(OC(=O)C2CCN(C(=O)c3ccco3)CC2)CC1. The second kappa shape index (κ2) is 7.85. The Morgan fingerprint density at radius 1 is 1.08 bits per heavy atom. The van der Waals surface area contributed by atoms with Gasteiger partial charge in [0.1, 0.15) is 6.10 Å². The molecule has 144 valence electrons. The van der Waals surface area contributed by atoms with Crippen molar-refractivity contribution in [1.82, 2.24) is 4.90 Å². The molecule has 3 rings (SSSR count). The van der Waals surface area contributed by atoms with Crippen LogP contribution < -0.4 is 0 Å². The first-order valence-electron chi connectivity index (χ1n) is 9.88. The van der Waals surface area contributed by atoms with Crippen LogP contribution in [-0.4, -0.2) is 36.0 Å². The summed E-state index contributed by atoms with van der Waals surface area (Å²) in [4.78, 5) is 26.5. The van der Waals surface area contributed by atoms with Crippen molar-refractivity contribution in [3.8, 4) is 0 Å². The van der Waals surface area contributed by atoms with Crippen molar-refractivity contribution < 1.29 is 18.7 Å². The van der Waals surface area contributed by atoms with Gasteiger partial charge in [0.2, 0.25) is 0 Å². The van der Waals surface area contributed by atoms with E-state index in [2.05, 4.69) is 20.8 Å². The van der Waals surface area contributed by atoms with Gasteiger partial charge in [-0.1, -0.05) is 20.8 Å². The molecule has 1 saturated carbocycles. The molecule has 0 aromatic carbocycles. The van der Waals surface area contributed by atoms with Gasteiger partial charge in [-0.2, -0.15) is 0 Å². The Morgan fingerprint density at radius 2 is 1.73 bits per heavy atom. The highest BCUT2D eigenvalue weighted by Crippen LogP contribution is 2.38. The quantitative estimate of drug-likeness (QED) is 0.754. The van der Waals surface area contributed by atoms with Gasteiger partial charge in [0, 0.05) is 13.1 Å². The van der Waals surface area contributed by atoms with E-state index in [9.17, 15) is 9.59 Å². The number of carbonyl (C=O) groups is 2. The first kappa shape index (κ1) is 19.0. The lowest BCUT2D eigenvalue weighted by molar-refractivity contribution is -0.157. The lowest BCUT2D eigenvalue weighted by atomic mass is 9.72. The molecule has 5 heteroatoms. The molecule has 26 heavy (non-hydrogen) atoms. The minimum atomic E-state index is -0.0951. The van der Waals surface area contributed by atoms with Crippen molar-refractivity contribution in [2.75, 3.05) is 13.1 Å². The molecule has 0 spiro atoms. The van der Waals surface area contributed by atoms with Gasteiger partial charge in [-0.15, -0.1) is 0 Å². The number of hydrogen-bond donors (Lipinski definition) is 0. The number of esters is 1. The van der Waals surface area contributed by atoms with Crippen molar-refractivity contribution in [3.63, 3.8) is 0 Å². The molecule has 2 aliphatic rings. The molecule has 1 aliphatic carbocycles. The van der Waals surface area contributed by atoms with Gasteiger partial charge in [-0.05, 0) is 62.0 Å². The number of carbonyl (C=O) groups excluding carboxylic acids is 2. The van der Waals surface area contributed by atoms with Crippen LogP contribution in [0, 0.1) is 17.3 Å². The maximum absolute atomic E-state index is 12.5. The van der Waals surface area contributed by atoms with Crippen molar-refractivity contribution in [2.45, 2.75) is 65.4 Å². The third-order valence-corrected chi connectivity index (χ3v) is 6.03. The third kappa shape index (κ3) is 4.49. The lowest BCUT2D eigenvalue weighted by Crippen LogP contribution is -2.41. The predicted octanol–water partition coefficient (Wildman–Crippen LogP) is 4.28. The van der Waals surface area contributed by atoms with Gasteiger partial charge in [0.15, 0.2) is 5.76 Å². The van der Waals surface area contributed by atoms with Gasteiger partial charge in [0.25, 0.3) is 5.91 Å². The molecule has 1 saturated heterocycles. The standard InChI is InChI=1S/C21H31NO4/c1-21(2,3)16-6-8-17(9-7-16)26-20(24)15-10-12-22(13-11-15)19(23)18-5-4-14-25-18/h4-5,14-17H,6-13H2,1-3H3. The van der Waals surface area contributed by atoms with Gasteiger partial charge < -0.3 is 14.1 Å². The van der Waals surface area contributed by atoms with Crippen LogP contribution in [0.1, 0.15) is 69.9 Å². The summed E-state index contributed by atoms with van der Waals surface area (Å²) in [6.45, 7) is 8.04. The predicted molar refractivity (Wildman–Crippen MR) is 98.6 cm³/mol. The Kier molecular flexibility index (Phi) is 5.73. The van der Waals surface area contributed by atoms with Crippen LogP contribution in [0.3, 0.4) is 0 Å². The van der Waals surface area contributed by atoms with Crippen LogP contribution in [0.4, 0.5) is 0 Å². The second-order valence-corrected chi connectivity index (χ2v) is 8.82. The summed E-state index contributed by atoms with van der Waals surface area (Å²) in [5.74, 6) is 0.822. The van der Waals surface area contributed by atoms with E-state index < -0.39 is 0 Å². The van der Waals surface area contributed by atoms with E-state index in [1.807, 2.05) is 0 Å². The molecule has 5 nitrogen and oxygen atoms in total. The van der Waals surface area contributed by atoms with Crippen LogP contribution in [0.5, 0.6) is 0 Å². The van der Waals surface area contributed by atoms with E-state index in [1.54, 1.807) is 17.0 Å². The Bertz CT molecular complexity index is 600. The van der Waals surface area contributed by atoms with Crippen LogP contribution in [0.2, 0.25) is 0 Å². The molecule has 0 bridgehead atoms. The van der Waals surface area contributed by atoms with Crippen molar-refractivity contribution in [2.24, 2.45) is 17.3 Å². The smallest absolute Gasteiger partial charge is 0.309 e. The van der Waals surface area contributed by atoms with E-state index in [0.717, 1.165) is 25.7 Å². The number of likely N-dealkylation sites (tertiary alicyclic amines) is 1. The molecule has 1 aliphatic heterocycles. The first-order valence-corrected chi connectivity index (χ1v) is 9.88. The van der Waals surface area contributed by atoms with Crippen LogP contribution in [-0.2, 0) is 9.53 Å². The van der Waals surface area contributed by atoms with E-state index in [4.69, 9.17) is 9.15 Å². The van der Waals surface area contributed by atoms with Gasteiger partial charge in [-0.3, -0.25) is 9.59 Å². The molecule has 2 heterocycles. The van der Waals surface area contributed by atoms with Gasteiger partial charge >= 0.3 is 5.97 Å². The zero-order valence-electron chi connectivity index (χ0n) is 16.2. The Morgan fingerprint density at radius 3 is 2.27 bits per heavy atom. The fourth-order valence-corrected chi connectivity index (χ4v) is 4.18. The first-order chi connectivity index (χ1) is 12.3. The molecule has 0 radical (unpaired) electrons. The van der Waals surface area contributed by atoms with Gasteiger partial charge in [0.05, 0.1) is 12.2 Å². The summed E-state index contributed by atoms with van der Waals surface area (Å²) in [7, 11) is 0. The Hall–Kier alpha value is -1.78. The number of furan rings is 1. The molecular formula is C21H31NO4. The minimum Gasteiger partial charge on any atom is -0.462 e. The molecule has 0 N–H and O–H groups in total. The van der Waals surface area contributed by atoms with E-state index in [0.29, 0.717) is 43.0 Å². The summed E-state index contributed by atoms with van der Waals surface area (Å²) in [5.41, 5.74) is 0.336. The van der Waals surface area contributed by atoms with Crippen LogP contribution >= 0.6 is 0 Å². The average molecular weight is 361 g/mol. The largest absolute Gasteiger partial charge is 0.462 e. The number of hydrogen-bond acceptors (Lipinski definition) is 4. The van der Waals surface area contributed by atoms with Crippen LogP contribution in [0.15, 0.2) is 22.8 Å². The van der Waals surface area contributed by atoms with Gasteiger partial charge in [-0.25, -0.2) is 0 Å². The summed E-state index contributed by atoms with van der Waals surface area (Å²) < 4.78 is 11.0. The Labute approximate surface area is 156 Å². The molecule has 2 fully saturated rings. The van der Waals surface area contributed by atoms with E-state index in [-0.39, 0.29) is 23.9 Å². The van der Waals surface area contributed by atoms with Crippen molar-refractivity contribution in [3.05, 3.63) is 24.2 Å². The number of nitrogens with zero attached hydrogens (tertiary/aromatic N) is 1. The highest BCUT2D eigenvalue weighted by Gasteiger charge is 2.34. The fourth-order valence-electron chi connectivity index (χ4n) is 4.18. The fraction of sp³-hybridized carbons (Fsp3) is 0.714. The number of rotatable bonds is 3. The molecule has 1 aromatic rings. The zero-order valence-corrected chi connectivity index (χ0v) is 16.2. The average Bonchev–Trinajstić information content (AvgIpc) is 3.15. The highest BCUT2D eigenvalue weighted by molar-refractivity contribution is 5.91. The van der Waals surface area contributed by atoms with E-state index >= 15 is 0 Å². The number of piperidine rings is 1. The normalized spacial score (nSPS) is 25.1. The number of ether oxygens (including phenoxy) is 1. The monoisotopic (exact) mass is 361 g/mol. The van der Waals surface area contributed by atoms with Crippen LogP contribution in [0.25, 0.3) is 0 Å². The maximum Gasteiger partial charge on any atom is 0.309 e. The maximum atomic E-state index is 12.5. The lowest BCUT2D eigenvalue weighted by Gasteiger charge is -2.37. The second-order valence-electron chi connectivity index (χ2n) is 8.82. The molecule has 1 amide bonds. The zero-order chi connectivity index (χ0) is 18.7. The Balaban J connectivity index is 1.42. The summed E-state index contributed by atoms with van der Waals surface area (Å²) in [6.07, 6.45) is 7.14. The summed E-state index contributed by atoms with van der Waals surface area (Å²) >= 11 is 0. The molecule has 1 aromatic heterocycles. The molecule has 0 atom stereocenters. The molecule has 0 unspecified atom stereocenters.